The molecule has 0 spiro atoms. The molecule has 3 aromatic rings. The number of carbonyl (C=O) groups excluding carboxylic acids is 1. The summed E-state index contributed by atoms with van der Waals surface area (Å²) < 4.78 is 2.88. The highest BCUT2D eigenvalue weighted by Crippen LogP contribution is 2.09. The molecule has 1 N–H and O–H groups in total. The average molecular weight is 302 g/mol. The Bertz CT molecular complexity index is 832. The van der Waals surface area contributed by atoms with Crippen LogP contribution in [0.2, 0.25) is 0 Å². The van der Waals surface area contributed by atoms with Crippen molar-refractivity contribution in [2.24, 2.45) is 7.05 Å². The minimum absolute atomic E-state index is 0.00670. The van der Waals surface area contributed by atoms with E-state index >= 15 is 0 Å². The fourth-order valence-electron chi connectivity index (χ4n) is 2.18. The summed E-state index contributed by atoms with van der Waals surface area (Å²) in [4.78, 5) is 29.4. The number of nitrogens with zero attached hydrogens (tertiary/aromatic N) is 3. The highest BCUT2D eigenvalue weighted by atomic mass is 32.1. The normalized spacial score (nSPS) is 10.9. The summed E-state index contributed by atoms with van der Waals surface area (Å²) in [5.74, 6) is -0.193. The molecule has 21 heavy (non-hydrogen) atoms. The van der Waals surface area contributed by atoms with Crippen molar-refractivity contribution in [2.45, 2.75) is 13.1 Å². The zero-order chi connectivity index (χ0) is 14.8. The van der Waals surface area contributed by atoms with Gasteiger partial charge in [-0.05, 0) is 23.6 Å². The van der Waals surface area contributed by atoms with Gasteiger partial charge in [0.05, 0.1) is 12.1 Å². The molecular formula is C14H14N4O2S. The van der Waals surface area contributed by atoms with Crippen LogP contribution in [0.15, 0.2) is 40.6 Å². The third-order valence-corrected chi connectivity index (χ3v) is 4.11. The minimum Gasteiger partial charge on any atom is -0.350 e. The van der Waals surface area contributed by atoms with Gasteiger partial charge in [-0.25, -0.2) is 9.78 Å². The predicted octanol–water partition coefficient (Wildman–Crippen LogP) is 1.11. The summed E-state index contributed by atoms with van der Waals surface area (Å²) in [6, 6.07) is 7.43. The summed E-state index contributed by atoms with van der Waals surface area (Å²) in [6.07, 6.45) is 1.63. The number of thiophene rings is 1. The molecule has 7 heteroatoms. The average Bonchev–Trinajstić information content (AvgIpc) is 3.09. The number of imidazole rings is 1. The molecule has 3 heterocycles. The van der Waals surface area contributed by atoms with Crippen LogP contribution in [0.4, 0.5) is 0 Å². The molecule has 0 aromatic carbocycles. The Hall–Kier alpha value is -2.41. The molecule has 3 aromatic heterocycles. The van der Waals surface area contributed by atoms with Crippen molar-refractivity contribution in [3.8, 4) is 0 Å². The van der Waals surface area contributed by atoms with Gasteiger partial charge in [-0.15, -0.1) is 11.3 Å². The molecule has 0 aliphatic carbocycles. The highest BCUT2D eigenvalue weighted by molar-refractivity contribution is 7.09. The number of nitrogens with one attached hydrogen (secondary N) is 1. The molecule has 3 rings (SSSR count). The van der Waals surface area contributed by atoms with Gasteiger partial charge in [0.15, 0.2) is 5.65 Å². The zero-order valence-corrected chi connectivity index (χ0v) is 12.3. The maximum absolute atomic E-state index is 12.2. The third-order valence-electron chi connectivity index (χ3n) is 3.23. The van der Waals surface area contributed by atoms with Crippen molar-refractivity contribution in [1.29, 1.82) is 0 Å². The fraction of sp³-hybridized carbons (Fsp3) is 0.214. The zero-order valence-electron chi connectivity index (χ0n) is 11.4. The Balaban J connectivity index is 1.80. The van der Waals surface area contributed by atoms with E-state index in [4.69, 9.17) is 0 Å². The Morgan fingerprint density at radius 2 is 2.24 bits per heavy atom. The van der Waals surface area contributed by atoms with Gasteiger partial charge in [-0.1, -0.05) is 6.07 Å². The quantitative estimate of drug-likeness (QED) is 0.785. The van der Waals surface area contributed by atoms with Crippen molar-refractivity contribution in [1.82, 2.24) is 19.4 Å². The first-order chi connectivity index (χ1) is 10.2. The number of rotatable bonds is 4. The first-order valence-electron chi connectivity index (χ1n) is 6.46. The lowest BCUT2D eigenvalue weighted by Crippen LogP contribution is -2.32. The van der Waals surface area contributed by atoms with Crippen molar-refractivity contribution in [3.63, 3.8) is 0 Å². The van der Waals surface area contributed by atoms with E-state index in [1.807, 2.05) is 17.5 Å². The van der Waals surface area contributed by atoms with E-state index in [0.717, 1.165) is 4.88 Å². The molecule has 6 nitrogen and oxygen atoms in total. The summed E-state index contributed by atoms with van der Waals surface area (Å²) in [5, 5.41) is 4.78. The first-order valence-corrected chi connectivity index (χ1v) is 7.34. The second-order valence-electron chi connectivity index (χ2n) is 4.63. The van der Waals surface area contributed by atoms with Gasteiger partial charge in [0.1, 0.15) is 6.54 Å². The first kappa shape index (κ1) is 13.6. The van der Waals surface area contributed by atoms with E-state index in [1.165, 1.54) is 9.13 Å². The van der Waals surface area contributed by atoms with Crippen LogP contribution in [-0.4, -0.2) is 20.0 Å². The molecule has 0 bridgehead atoms. The van der Waals surface area contributed by atoms with Crippen LogP contribution in [-0.2, 0) is 24.9 Å². The number of fused-ring (bicyclic) bond motifs is 1. The van der Waals surface area contributed by atoms with Crippen molar-refractivity contribution >= 4 is 28.4 Å². The number of aromatic nitrogens is 3. The van der Waals surface area contributed by atoms with Gasteiger partial charge in [0.25, 0.3) is 0 Å². The summed E-state index contributed by atoms with van der Waals surface area (Å²) in [6.45, 7) is 0.474. The van der Waals surface area contributed by atoms with Crippen molar-refractivity contribution < 1.29 is 4.79 Å². The summed E-state index contributed by atoms with van der Waals surface area (Å²) >= 11 is 1.58. The van der Waals surface area contributed by atoms with Crippen molar-refractivity contribution in [2.75, 3.05) is 0 Å². The van der Waals surface area contributed by atoms with Crippen LogP contribution >= 0.6 is 11.3 Å². The molecular weight excluding hydrogens is 288 g/mol. The lowest BCUT2D eigenvalue weighted by molar-refractivity contribution is -0.121. The molecule has 0 saturated carbocycles. The molecule has 0 unspecified atom stereocenters. The Kier molecular flexibility index (Phi) is 3.57. The van der Waals surface area contributed by atoms with E-state index < -0.39 is 0 Å². The van der Waals surface area contributed by atoms with Crippen LogP contribution in [0.1, 0.15) is 4.88 Å². The molecule has 0 radical (unpaired) electrons. The molecule has 108 valence electrons. The van der Waals surface area contributed by atoms with Crippen LogP contribution in [0.5, 0.6) is 0 Å². The molecule has 0 aliphatic heterocycles. The number of hydrogen-bond acceptors (Lipinski definition) is 4. The van der Waals surface area contributed by atoms with Gasteiger partial charge >= 0.3 is 5.69 Å². The van der Waals surface area contributed by atoms with E-state index in [2.05, 4.69) is 10.3 Å². The Morgan fingerprint density at radius 1 is 1.38 bits per heavy atom. The topological polar surface area (TPSA) is 68.9 Å². The molecule has 0 aliphatic rings. The SMILES string of the molecule is Cn1c(=O)n(CC(=O)NCc2cccs2)c2cccnc21. The third kappa shape index (κ3) is 2.59. The van der Waals surface area contributed by atoms with Gasteiger partial charge < -0.3 is 5.32 Å². The van der Waals surface area contributed by atoms with Gasteiger partial charge in [-0.2, -0.15) is 0 Å². The van der Waals surface area contributed by atoms with Crippen LogP contribution < -0.4 is 11.0 Å². The van der Waals surface area contributed by atoms with Gasteiger partial charge in [0, 0.05) is 18.1 Å². The number of carbonyl (C=O) groups is 1. The van der Waals surface area contributed by atoms with Crippen molar-refractivity contribution in [3.05, 3.63) is 51.2 Å². The molecule has 0 fully saturated rings. The summed E-state index contributed by atoms with van der Waals surface area (Å²) in [5.41, 5.74) is 1.000. The Labute approximate surface area is 124 Å². The maximum atomic E-state index is 12.2. The van der Waals surface area contributed by atoms with Crippen LogP contribution in [0.25, 0.3) is 11.2 Å². The highest BCUT2D eigenvalue weighted by Gasteiger charge is 2.13. The molecule has 0 atom stereocenters. The second-order valence-corrected chi connectivity index (χ2v) is 5.66. The number of hydrogen-bond donors (Lipinski definition) is 1. The maximum Gasteiger partial charge on any atom is 0.330 e. The van der Waals surface area contributed by atoms with Crippen LogP contribution in [0, 0.1) is 0 Å². The van der Waals surface area contributed by atoms with E-state index in [9.17, 15) is 9.59 Å². The number of amides is 1. The second kappa shape index (κ2) is 5.53. The minimum atomic E-state index is -0.241. The fourth-order valence-corrected chi connectivity index (χ4v) is 2.83. The van der Waals surface area contributed by atoms with E-state index in [1.54, 1.807) is 36.7 Å². The van der Waals surface area contributed by atoms with E-state index in [-0.39, 0.29) is 18.1 Å². The molecule has 0 saturated heterocycles. The van der Waals surface area contributed by atoms with Gasteiger partial charge in [0.2, 0.25) is 5.91 Å². The summed E-state index contributed by atoms with van der Waals surface area (Å²) in [7, 11) is 1.65. The van der Waals surface area contributed by atoms with Gasteiger partial charge in [-0.3, -0.25) is 13.9 Å². The smallest absolute Gasteiger partial charge is 0.330 e. The van der Waals surface area contributed by atoms with E-state index in [0.29, 0.717) is 17.7 Å². The lowest BCUT2D eigenvalue weighted by Gasteiger charge is -2.04. The van der Waals surface area contributed by atoms with Crippen LogP contribution in [0.3, 0.4) is 0 Å². The number of pyridine rings is 1. The lowest BCUT2D eigenvalue weighted by atomic mass is 10.4. The largest absolute Gasteiger partial charge is 0.350 e. The standard InChI is InChI=1S/C14H14N4O2S/c1-17-13-11(5-2-6-15-13)18(14(17)20)9-12(19)16-8-10-4-3-7-21-10/h2-7H,8-9H2,1H3,(H,16,19). The monoisotopic (exact) mass is 302 g/mol. The Morgan fingerprint density at radius 3 is 3.00 bits per heavy atom. The molecule has 1 amide bonds. The number of aryl methyl sites for hydroxylation is 1. The predicted molar refractivity (Wildman–Crippen MR) is 81.1 cm³/mol.